The van der Waals surface area contributed by atoms with Gasteiger partial charge in [-0.05, 0) is 57.8 Å². The van der Waals surface area contributed by atoms with Crippen LogP contribution in [0.15, 0.2) is 0 Å². The molecule has 3 atom stereocenters. The first kappa shape index (κ1) is 14.4. The molecule has 2 fully saturated rings. The van der Waals surface area contributed by atoms with Gasteiger partial charge in [0.15, 0.2) is 0 Å². The van der Waals surface area contributed by atoms with Crippen LogP contribution >= 0.6 is 0 Å². The molecule has 0 heterocycles. The fraction of sp³-hybridized carbons (Fsp3) is 0.867. The van der Waals surface area contributed by atoms with Gasteiger partial charge in [0.05, 0.1) is 6.54 Å². The van der Waals surface area contributed by atoms with E-state index in [1.54, 1.807) is 0 Å². The monoisotopic (exact) mass is 266 g/mol. The number of amides is 2. The highest BCUT2D eigenvalue weighted by molar-refractivity contribution is 5.85. The van der Waals surface area contributed by atoms with Crippen molar-refractivity contribution < 1.29 is 9.59 Å². The minimum Gasteiger partial charge on any atom is -0.350 e. The molecule has 2 rings (SSSR count). The summed E-state index contributed by atoms with van der Waals surface area (Å²) in [4.78, 5) is 23.5. The van der Waals surface area contributed by atoms with Crippen molar-refractivity contribution in [2.45, 2.75) is 58.4 Å². The Morgan fingerprint density at radius 1 is 1.11 bits per heavy atom. The third-order valence-electron chi connectivity index (χ3n) is 4.29. The molecule has 19 heavy (non-hydrogen) atoms. The number of hydrogen-bond donors (Lipinski definition) is 2. The van der Waals surface area contributed by atoms with Crippen LogP contribution in [0.5, 0.6) is 0 Å². The summed E-state index contributed by atoms with van der Waals surface area (Å²) in [5, 5.41) is 5.58. The van der Waals surface area contributed by atoms with Gasteiger partial charge in [0.25, 0.3) is 0 Å². The molecule has 2 aliphatic rings. The van der Waals surface area contributed by atoms with Gasteiger partial charge >= 0.3 is 0 Å². The first-order valence-electron chi connectivity index (χ1n) is 7.41. The summed E-state index contributed by atoms with van der Waals surface area (Å²) in [5.74, 6) is 2.10. The molecule has 2 amide bonds. The number of nitrogens with one attached hydrogen (secondary N) is 2. The molecule has 108 valence electrons. The first-order valence-corrected chi connectivity index (χ1v) is 7.41. The van der Waals surface area contributed by atoms with Crippen LogP contribution in [0.25, 0.3) is 0 Å². The lowest BCUT2D eigenvalue weighted by atomic mass is 9.86. The molecule has 0 spiro atoms. The lowest BCUT2D eigenvalue weighted by Gasteiger charge is -2.22. The molecular formula is C15H26N2O2. The number of rotatable bonds is 4. The second-order valence-corrected chi connectivity index (χ2v) is 7.21. The SMILES string of the molecule is CC(C)(C)NC(=O)CNC(=O)C[C@@H]1C[C@H]2CC[C@@H]1C2. The predicted octanol–water partition coefficient (Wildman–Crippen LogP) is 1.84. The molecule has 4 heteroatoms. The number of hydrogen-bond acceptors (Lipinski definition) is 2. The summed E-state index contributed by atoms with van der Waals surface area (Å²) < 4.78 is 0. The Morgan fingerprint density at radius 2 is 1.84 bits per heavy atom. The van der Waals surface area contributed by atoms with Crippen molar-refractivity contribution in [3.63, 3.8) is 0 Å². The standard InChI is InChI=1S/C15H26N2O2/c1-15(2,3)17-14(19)9-16-13(18)8-12-7-10-4-5-11(12)6-10/h10-12H,4-9H2,1-3H3,(H,16,18)(H,17,19)/t10-,11+,12-/m0/s1. The maximum Gasteiger partial charge on any atom is 0.239 e. The van der Waals surface area contributed by atoms with Gasteiger partial charge in [-0.2, -0.15) is 0 Å². The summed E-state index contributed by atoms with van der Waals surface area (Å²) in [6.45, 7) is 5.89. The largest absolute Gasteiger partial charge is 0.350 e. The highest BCUT2D eigenvalue weighted by atomic mass is 16.2. The summed E-state index contributed by atoms with van der Waals surface area (Å²) >= 11 is 0. The Labute approximate surface area is 115 Å². The summed E-state index contributed by atoms with van der Waals surface area (Å²) in [5.41, 5.74) is -0.244. The van der Waals surface area contributed by atoms with E-state index < -0.39 is 0 Å². The Morgan fingerprint density at radius 3 is 2.37 bits per heavy atom. The van der Waals surface area contributed by atoms with E-state index >= 15 is 0 Å². The van der Waals surface area contributed by atoms with Crippen molar-refractivity contribution in [1.82, 2.24) is 10.6 Å². The third kappa shape index (κ3) is 4.22. The molecule has 2 saturated carbocycles. The van der Waals surface area contributed by atoms with E-state index in [1.807, 2.05) is 20.8 Å². The van der Waals surface area contributed by atoms with Crippen molar-refractivity contribution in [2.24, 2.45) is 17.8 Å². The molecule has 2 bridgehead atoms. The quantitative estimate of drug-likeness (QED) is 0.816. The molecule has 0 saturated heterocycles. The van der Waals surface area contributed by atoms with E-state index in [0.717, 1.165) is 11.8 Å². The van der Waals surface area contributed by atoms with Gasteiger partial charge in [-0.15, -0.1) is 0 Å². The van der Waals surface area contributed by atoms with Gasteiger partial charge in [0.2, 0.25) is 11.8 Å². The summed E-state index contributed by atoms with van der Waals surface area (Å²) in [6, 6.07) is 0. The zero-order valence-electron chi connectivity index (χ0n) is 12.3. The fourth-order valence-electron chi connectivity index (χ4n) is 3.58. The molecular weight excluding hydrogens is 240 g/mol. The molecule has 0 aliphatic heterocycles. The van der Waals surface area contributed by atoms with Crippen LogP contribution in [0, 0.1) is 17.8 Å². The van der Waals surface area contributed by atoms with E-state index in [2.05, 4.69) is 10.6 Å². The van der Waals surface area contributed by atoms with Crippen molar-refractivity contribution >= 4 is 11.8 Å². The van der Waals surface area contributed by atoms with Crippen molar-refractivity contribution in [1.29, 1.82) is 0 Å². The van der Waals surface area contributed by atoms with Crippen molar-refractivity contribution in [3.8, 4) is 0 Å². The summed E-state index contributed by atoms with van der Waals surface area (Å²) in [7, 11) is 0. The van der Waals surface area contributed by atoms with Crippen LogP contribution < -0.4 is 10.6 Å². The van der Waals surface area contributed by atoms with Gasteiger partial charge in [-0.1, -0.05) is 6.42 Å². The Kier molecular flexibility index (Phi) is 4.16. The second-order valence-electron chi connectivity index (χ2n) is 7.21. The predicted molar refractivity (Wildman–Crippen MR) is 74.5 cm³/mol. The lowest BCUT2D eigenvalue weighted by molar-refractivity contribution is -0.127. The molecule has 0 aromatic heterocycles. The van der Waals surface area contributed by atoms with E-state index in [0.29, 0.717) is 12.3 Å². The van der Waals surface area contributed by atoms with Crippen LogP contribution in [0.1, 0.15) is 52.9 Å². The Bertz CT molecular complexity index is 360. The van der Waals surface area contributed by atoms with Gasteiger partial charge in [-0.3, -0.25) is 9.59 Å². The molecule has 4 nitrogen and oxygen atoms in total. The van der Waals surface area contributed by atoms with Crippen LogP contribution in [-0.4, -0.2) is 23.9 Å². The van der Waals surface area contributed by atoms with Crippen molar-refractivity contribution in [3.05, 3.63) is 0 Å². The fourth-order valence-corrected chi connectivity index (χ4v) is 3.58. The van der Waals surface area contributed by atoms with Crippen LogP contribution in [0.2, 0.25) is 0 Å². The second kappa shape index (κ2) is 5.51. The van der Waals surface area contributed by atoms with Gasteiger partial charge < -0.3 is 10.6 Å². The average molecular weight is 266 g/mol. The smallest absolute Gasteiger partial charge is 0.239 e. The molecule has 0 aromatic rings. The average Bonchev–Trinajstić information content (AvgIpc) is 2.85. The number of carbonyl (C=O) groups is 2. The van der Waals surface area contributed by atoms with Gasteiger partial charge in [0.1, 0.15) is 0 Å². The molecule has 0 aromatic carbocycles. The molecule has 2 N–H and O–H groups in total. The van der Waals surface area contributed by atoms with Crippen LogP contribution in [-0.2, 0) is 9.59 Å². The maximum atomic E-state index is 11.9. The molecule has 0 unspecified atom stereocenters. The zero-order chi connectivity index (χ0) is 14.0. The highest BCUT2D eigenvalue weighted by Gasteiger charge is 2.40. The van der Waals surface area contributed by atoms with E-state index in [1.165, 1.54) is 25.7 Å². The van der Waals surface area contributed by atoms with Crippen LogP contribution in [0.4, 0.5) is 0 Å². The van der Waals surface area contributed by atoms with E-state index in [9.17, 15) is 9.59 Å². The topological polar surface area (TPSA) is 58.2 Å². The zero-order valence-corrected chi connectivity index (χ0v) is 12.3. The van der Waals surface area contributed by atoms with Crippen LogP contribution in [0.3, 0.4) is 0 Å². The molecule has 0 radical (unpaired) electrons. The lowest BCUT2D eigenvalue weighted by Crippen LogP contribution is -2.46. The Hall–Kier alpha value is -1.06. The minimum atomic E-state index is -0.244. The normalized spacial score (nSPS) is 29.3. The number of carbonyl (C=O) groups excluding carboxylic acids is 2. The Balaban J connectivity index is 1.66. The summed E-state index contributed by atoms with van der Waals surface area (Å²) in [6.07, 6.45) is 5.79. The first-order chi connectivity index (χ1) is 8.83. The van der Waals surface area contributed by atoms with Gasteiger partial charge in [0, 0.05) is 12.0 Å². The third-order valence-corrected chi connectivity index (χ3v) is 4.29. The minimum absolute atomic E-state index is 0.0293. The maximum absolute atomic E-state index is 11.9. The van der Waals surface area contributed by atoms with E-state index in [-0.39, 0.29) is 23.9 Å². The highest BCUT2D eigenvalue weighted by Crippen LogP contribution is 2.49. The van der Waals surface area contributed by atoms with Crippen molar-refractivity contribution in [2.75, 3.05) is 6.54 Å². The van der Waals surface area contributed by atoms with E-state index in [4.69, 9.17) is 0 Å². The number of fused-ring (bicyclic) bond motifs is 2. The molecule has 2 aliphatic carbocycles. The van der Waals surface area contributed by atoms with Gasteiger partial charge in [-0.25, -0.2) is 0 Å².